The number of hydrogen-bond acceptors (Lipinski definition) is 1. The Morgan fingerprint density at radius 1 is 1.27 bits per heavy atom. The van der Waals surface area contributed by atoms with E-state index in [2.05, 4.69) is 19.9 Å². The van der Waals surface area contributed by atoms with Gasteiger partial charge in [-0.3, -0.25) is 0 Å². The van der Waals surface area contributed by atoms with Gasteiger partial charge in [0.05, 0.1) is 0 Å². The summed E-state index contributed by atoms with van der Waals surface area (Å²) < 4.78 is 0. The predicted molar refractivity (Wildman–Crippen MR) is 51.6 cm³/mol. The van der Waals surface area contributed by atoms with Crippen molar-refractivity contribution in [3.05, 3.63) is 11.6 Å². The van der Waals surface area contributed by atoms with Crippen LogP contribution in [0.5, 0.6) is 0 Å². The molecule has 0 spiro atoms. The standard InChI is InChI=1S/C10H21N/c1-3-5-6-7-8-10(4-2)9-11/h4H,3,5-9,11H2,1-2H3/b10-4+. The molecule has 0 aliphatic carbocycles. The van der Waals surface area contributed by atoms with Gasteiger partial charge in [-0.1, -0.05) is 37.8 Å². The number of hydrogen-bond donors (Lipinski definition) is 1. The van der Waals surface area contributed by atoms with Crippen LogP contribution in [0.1, 0.15) is 46.0 Å². The molecule has 0 radical (unpaired) electrons. The molecule has 0 bridgehead atoms. The molecular weight excluding hydrogens is 134 g/mol. The minimum Gasteiger partial charge on any atom is -0.327 e. The van der Waals surface area contributed by atoms with Crippen molar-refractivity contribution < 1.29 is 0 Å². The molecule has 0 aromatic heterocycles. The van der Waals surface area contributed by atoms with Crippen molar-refractivity contribution in [1.29, 1.82) is 0 Å². The predicted octanol–water partition coefficient (Wildman–Crippen LogP) is 2.86. The number of allylic oxidation sites excluding steroid dienone is 1. The van der Waals surface area contributed by atoms with Gasteiger partial charge in [-0.2, -0.15) is 0 Å². The molecule has 0 atom stereocenters. The topological polar surface area (TPSA) is 26.0 Å². The summed E-state index contributed by atoms with van der Waals surface area (Å²) in [6, 6.07) is 0. The number of rotatable bonds is 6. The third-order valence-corrected chi connectivity index (χ3v) is 2.02. The number of nitrogens with two attached hydrogens (primary N) is 1. The summed E-state index contributed by atoms with van der Waals surface area (Å²) in [5, 5.41) is 0. The van der Waals surface area contributed by atoms with E-state index in [1.54, 1.807) is 0 Å². The summed E-state index contributed by atoms with van der Waals surface area (Å²) >= 11 is 0. The zero-order valence-corrected chi connectivity index (χ0v) is 7.90. The van der Waals surface area contributed by atoms with Gasteiger partial charge >= 0.3 is 0 Å². The van der Waals surface area contributed by atoms with Gasteiger partial charge in [-0.25, -0.2) is 0 Å². The Morgan fingerprint density at radius 3 is 2.45 bits per heavy atom. The normalized spacial score (nSPS) is 12.1. The minimum absolute atomic E-state index is 0.739. The van der Waals surface area contributed by atoms with Gasteiger partial charge in [0.2, 0.25) is 0 Å². The summed E-state index contributed by atoms with van der Waals surface area (Å²) in [5.41, 5.74) is 6.93. The lowest BCUT2D eigenvalue weighted by molar-refractivity contribution is 0.660. The lowest BCUT2D eigenvalue weighted by Gasteiger charge is -2.02. The summed E-state index contributed by atoms with van der Waals surface area (Å²) in [4.78, 5) is 0. The van der Waals surface area contributed by atoms with Crippen LogP contribution in [0, 0.1) is 0 Å². The molecule has 0 aliphatic heterocycles. The van der Waals surface area contributed by atoms with Gasteiger partial charge in [0, 0.05) is 6.54 Å². The van der Waals surface area contributed by atoms with Gasteiger partial charge in [0.15, 0.2) is 0 Å². The maximum Gasteiger partial charge on any atom is 0.0136 e. The molecule has 0 amide bonds. The second-order valence-electron chi connectivity index (χ2n) is 2.96. The fourth-order valence-electron chi connectivity index (χ4n) is 1.14. The van der Waals surface area contributed by atoms with Crippen molar-refractivity contribution in [3.63, 3.8) is 0 Å². The van der Waals surface area contributed by atoms with Gasteiger partial charge in [0.1, 0.15) is 0 Å². The highest BCUT2D eigenvalue weighted by molar-refractivity contribution is 5.01. The molecule has 0 aromatic rings. The van der Waals surface area contributed by atoms with Gasteiger partial charge < -0.3 is 5.73 Å². The van der Waals surface area contributed by atoms with E-state index in [1.165, 1.54) is 37.7 Å². The lowest BCUT2D eigenvalue weighted by atomic mass is 10.1. The molecular formula is C10H21N. The first-order valence-electron chi connectivity index (χ1n) is 4.69. The van der Waals surface area contributed by atoms with Crippen LogP contribution < -0.4 is 5.73 Å². The second kappa shape index (κ2) is 7.80. The molecule has 0 aliphatic rings. The van der Waals surface area contributed by atoms with Crippen LogP contribution in [0.15, 0.2) is 11.6 Å². The maximum absolute atomic E-state index is 5.53. The molecule has 1 nitrogen and oxygen atoms in total. The smallest absolute Gasteiger partial charge is 0.0136 e. The minimum atomic E-state index is 0.739. The summed E-state index contributed by atoms with van der Waals surface area (Å²) in [7, 11) is 0. The molecule has 11 heavy (non-hydrogen) atoms. The SMILES string of the molecule is C/C=C(/CN)CCCCCC. The quantitative estimate of drug-likeness (QED) is 0.463. The number of unbranched alkanes of at least 4 members (excludes halogenated alkanes) is 3. The van der Waals surface area contributed by atoms with Gasteiger partial charge in [0.25, 0.3) is 0 Å². The van der Waals surface area contributed by atoms with Crippen molar-refractivity contribution in [1.82, 2.24) is 0 Å². The van der Waals surface area contributed by atoms with Crippen LogP contribution in [0.4, 0.5) is 0 Å². The Kier molecular flexibility index (Phi) is 7.59. The summed E-state index contributed by atoms with van der Waals surface area (Å²) in [6.45, 7) is 5.05. The van der Waals surface area contributed by atoms with Crippen molar-refractivity contribution in [3.8, 4) is 0 Å². The molecule has 0 heterocycles. The highest BCUT2D eigenvalue weighted by atomic mass is 14.5. The average Bonchev–Trinajstić information content (AvgIpc) is 2.05. The highest BCUT2D eigenvalue weighted by Gasteiger charge is 1.92. The molecule has 0 rings (SSSR count). The molecule has 0 saturated heterocycles. The van der Waals surface area contributed by atoms with E-state index in [-0.39, 0.29) is 0 Å². The van der Waals surface area contributed by atoms with Crippen LogP contribution in [0.2, 0.25) is 0 Å². The monoisotopic (exact) mass is 155 g/mol. The summed E-state index contributed by atoms with van der Waals surface area (Å²) in [5.74, 6) is 0. The van der Waals surface area contributed by atoms with Gasteiger partial charge in [-0.05, 0) is 19.8 Å². The molecule has 66 valence electrons. The van der Waals surface area contributed by atoms with E-state index in [0.717, 1.165) is 6.54 Å². The van der Waals surface area contributed by atoms with E-state index in [9.17, 15) is 0 Å². The van der Waals surface area contributed by atoms with E-state index in [4.69, 9.17) is 5.73 Å². The second-order valence-corrected chi connectivity index (χ2v) is 2.96. The van der Waals surface area contributed by atoms with Crippen LogP contribution >= 0.6 is 0 Å². The third kappa shape index (κ3) is 6.11. The molecule has 2 N–H and O–H groups in total. The van der Waals surface area contributed by atoms with Gasteiger partial charge in [-0.15, -0.1) is 0 Å². The molecule has 0 unspecified atom stereocenters. The lowest BCUT2D eigenvalue weighted by Crippen LogP contribution is -2.02. The van der Waals surface area contributed by atoms with Crippen molar-refractivity contribution in [2.45, 2.75) is 46.0 Å². The third-order valence-electron chi connectivity index (χ3n) is 2.02. The molecule has 1 heteroatoms. The van der Waals surface area contributed by atoms with Crippen LogP contribution in [0.25, 0.3) is 0 Å². The van der Waals surface area contributed by atoms with E-state index in [1.807, 2.05) is 0 Å². The van der Waals surface area contributed by atoms with Crippen molar-refractivity contribution in [2.24, 2.45) is 5.73 Å². The van der Waals surface area contributed by atoms with E-state index >= 15 is 0 Å². The Balaban J connectivity index is 3.22. The first kappa shape index (κ1) is 10.7. The average molecular weight is 155 g/mol. The Hall–Kier alpha value is -0.300. The first-order chi connectivity index (χ1) is 5.35. The zero-order valence-electron chi connectivity index (χ0n) is 7.90. The Bertz CT molecular complexity index is 105. The fraction of sp³-hybridized carbons (Fsp3) is 0.800. The Morgan fingerprint density at radius 2 is 2.00 bits per heavy atom. The first-order valence-corrected chi connectivity index (χ1v) is 4.69. The van der Waals surface area contributed by atoms with Crippen LogP contribution in [-0.2, 0) is 0 Å². The highest BCUT2D eigenvalue weighted by Crippen LogP contribution is 2.08. The zero-order chi connectivity index (χ0) is 8.53. The molecule has 0 fully saturated rings. The largest absolute Gasteiger partial charge is 0.327 e. The Labute approximate surface area is 70.7 Å². The van der Waals surface area contributed by atoms with Crippen LogP contribution in [0.3, 0.4) is 0 Å². The molecule has 0 saturated carbocycles. The summed E-state index contributed by atoms with van der Waals surface area (Å²) in [6.07, 6.45) is 8.69. The fourth-order valence-corrected chi connectivity index (χ4v) is 1.14. The van der Waals surface area contributed by atoms with Crippen LogP contribution in [-0.4, -0.2) is 6.54 Å². The van der Waals surface area contributed by atoms with E-state index < -0.39 is 0 Å². The molecule has 0 aromatic carbocycles. The van der Waals surface area contributed by atoms with Crippen molar-refractivity contribution in [2.75, 3.05) is 6.54 Å². The maximum atomic E-state index is 5.53. The van der Waals surface area contributed by atoms with E-state index in [0.29, 0.717) is 0 Å². The van der Waals surface area contributed by atoms with Crippen molar-refractivity contribution >= 4 is 0 Å².